The molecule has 2 aliphatic heterocycles. The van der Waals surface area contributed by atoms with Gasteiger partial charge in [-0.25, -0.2) is 0 Å². The molecule has 2 saturated heterocycles. The third kappa shape index (κ3) is 2.29. The first kappa shape index (κ1) is 13.1. The topological polar surface area (TPSA) is 18.5 Å². The van der Waals surface area contributed by atoms with Crippen molar-refractivity contribution in [3.05, 3.63) is 0 Å². The van der Waals surface area contributed by atoms with Crippen LogP contribution in [0.15, 0.2) is 0 Å². The maximum Gasteiger partial charge on any atom is 0.169 e. The molecule has 2 fully saturated rings. The molecular weight excluding hydrogens is 230 g/mol. The zero-order valence-electron chi connectivity index (χ0n) is 11.7. The molecule has 0 aromatic carbocycles. The summed E-state index contributed by atoms with van der Waals surface area (Å²) in [5.74, 6) is 0. The number of nitrogens with one attached hydrogen (secondary N) is 1. The molecule has 0 spiro atoms. The highest BCUT2D eigenvalue weighted by atomic mass is 32.1. The molecule has 0 bridgehead atoms. The van der Waals surface area contributed by atoms with Crippen molar-refractivity contribution in [2.75, 3.05) is 20.1 Å². The zero-order valence-corrected chi connectivity index (χ0v) is 12.5. The van der Waals surface area contributed by atoms with E-state index < -0.39 is 0 Å². The number of likely N-dealkylation sites (tertiary alicyclic amines) is 1. The Morgan fingerprint density at radius 3 is 2.12 bits per heavy atom. The zero-order chi connectivity index (χ0) is 12.8. The van der Waals surface area contributed by atoms with Crippen molar-refractivity contribution in [2.24, 2.45) is 0 Å². The normalized spacial score (nSPS) is 29.5. The van der Waals surface area contributed by atoms with Gasteiger partial charge in [0, 0.05) is 30.2 Å². The second-order valence-corrected chi connectivity index (χ2v) is 7.06. The van der Waals surface area contributed by atoms with Crippen LogP contribution in [0, 0.1) is 0 Å². The van der Waals surface area contributed by atoms with Gasteiger partial charge in [0.2, 0.25) is 0 Å². The molecule has 0 atom stereocenters. The molecule has 3 nitrogen and oxygen atoms in total. The highest BCUT2D eigenvalue weighted by Crippen LogP contribution is 2.39. The van der Waals surface area contributed by atoms with Crippen LogP contribution in [-0.2, 0) is 0 Å². The van der Waals surface area contributed by atoms with Crippen LogP contribution in [0.5, 0.6) is 0 Å². The number of hydrogen-bond acceptors (Lipinski definition) is 2. The van der Waals surface area contributed by atoms with Crippen LogP contribution in [0.4, 0.5) is 0 Å². The molecule has 2 aliphatic rings. The Kier molecular flexibility index (Phi) is 3.15. The molecule has 1 N–H and O–H groups in total. The summed E-state index contributed by atoms with van der Waals surface area (Å²) in [7, 11) is 2.25. The van der Waals surface area contributed by atoms with Gasteiger partial charge in [-0.2, -0.15) is 0 Å². The Labute approximate surface area is 111 Å². The van der Waals surface area contributed by atoms with Crippen LogP contribution in [0.25, 0.3) is 0 Å². The van der Waals surface area contributed by atoms with E-state index in [1.165, 1.54) is 12.8 Å². The van der Waals surface area contributed by atoms with Gasteiger partial charge in [0.15, 0.2) is 5.11 Å². The van der Waals surface area contributed by atoms with Crippen molar-refractivity contribution < 1.29 is 0 Å². The minimum Gasteiger partial charge on any atom is -0.361 e. The first-order chi connectivity index (χ1) is 7.74. The summed E-state index contributed by atoms with van der Waals surface area (Å²) in [5.41, 5.74) is 0.481. The van der Waals surface area contributed by atoms with E-state index in [0.717, 1.165) is 18.2 Å². The number of nitrogens with zero attached hydrogens (tertiary/aromatic N) is 2. The van der Waals surface area contributed by atoms with Crippen molar-refractivity contribution in [3.63, 3.8) is 0 Å². The van der Waals surface area contributed by atoms with E-state index in [4.69, 9.17) is 12.2 Å². The molecule has 0 radical (unpaired) electrons. The fourth-order valence-electron chi connectivity index (χ4n) is 3.37. The molecule has 98 valence electrons. The fraction of sp³-hybridized carbons (Fsp3) is 0.923. The van der Waals surface area contributed by atoms with Gasteiger partial charge in [-0.05, 0) is 59.8 Å². The van der Waals surface area contributed by atoms with E-state index in [1.54, 1.807) is 0 Å². The average molecular weight is 255 g/mol. The quantitative estimate of drug-likeness (QED) is 0.720. The number of thiocarbonyl (C=S) groups is 1. The molecule has 4 heteroatoms. The highest BCUT2D eigenvalue weighted by molar-refractivity contribution is 7.80. The van der Waals surface area contributed by atoms with E-state index in [0.29, 0.717) is 6.04 Å². The summed E-state index contributed by atoms with van der Waals surface area (Å²) in [5, 5.41) is 4.23. The molecule has 0 saturated carbocycles. The fourth-order valence-corrected chi connectivity index (χ4v) is 3.72. The monoisotopic (exact) mass is 255 g/mol. The first-order valence-corrected chi connectivity index (χ1v) is 6.93. The van der Waals surface area contributed by atoms with Crippen LogP contribution in [0.2, 0.25) is 0 Å². The number of hydrogen-bond donors (Lipinski definition) is 1. The summed E-state index contributed by atoms with van der Waals surface area (Å²) < 4.78 is 0. The molecule has 0 amide bonds. The Morgan fingerprint density at radius 1 is 1.18 bits per heavy atom. The van der Waals surface area contributed by atoms with E-state index in [9.17, 15) is 0 Å². The van der Waals surface area contributed by atoms with Crippen molar-refractivity contribution in [1.29, 1.82) is 0 Å². The minimum absolute atomic E-state index is 0.241. The lowest BCUT2D eigenvalue weighted by Gasteiger charge is -2.55. The minimum atomic E-state index is 0.241. The molecule has 0 unspecified atom stereocenters. The van der Waals surface area contributed by atoms with Crippen LogP contribution in [-0.4, -0.2) is 52.2 Å². The van der Waals surface area contributed by atoms with Crippen LogP contribution >= 0.6 is 12.2 Å². The van der Waals surface area contributed by atoms with Gasteiger partial charge in [0.1, 0.15) is 0 Å². The van der Waals surface area contributed by atoms with E-state index in [2.05, 4.69) is 49.9 Å². The Balaban J connectivity index is 2.18. The molecule has 17 heavy (non-hydrogen) atoms. The first-order valence-electron chi connectivity index (χ1n) is 6.52. The van der Waals surface area contributed by atoms with Gasteiger partial charge in [0.25, 0.3) is 0 Å². The lowest BCUT2D eigenvalue weighted by atomic mass is 9.77. The third-order valence-corrected chi connectivity index (χ3v) is 5.00. The van der Waals surface area contributed by atoms with E-state index >= 15 is 0 Å². The van der Waals surface area contributed by atoms with Crippen molar-refractivity contribution in [3.8, 4) is 0 Å². The van der Waals surface area contributed by atoms with Gasteiger partial charge >= 0.3 is 0 Å². The van der Waals surface area contributed by atoms with Crippen LogP contribution in [0.1, 0.15) is 40.5 Å². The summed E-state index contributed by atoms with van der Waals surface area (Å²) in [6, 6.07) is 0.582. The maximum absolute atomic E-state index is 5.40. The van der Waals surface area contributed by atoms with Gasteiger partial charge < -0.3 is 10.2 Å². The van der Waals surface area contributed by atoms with Crippen molar-refractivity contribution in [2.45, 2.75) is 57.7 Å². The summed E-state index contributed by atoms with van der Waals surface area (Å²) in [6.45, 7) is 11.4. The predicted molar refractivity (Wildman–Crippen MR) is 76.2 cm³/mol. The van der Waals surface area contributed by atoms with Crippen LogP contribution < -0.4 is 5.32 Å². The van der Waals surface area contributed by atoms with Gasteiger partial charge in [0.05, 0.1) is 0 Å². The second kappa shape index (κ2) is 4.09. The number of piperidine rings is 1. The summed E-state index contributed by atoms with van der Waals surface area (Å²) >= 11 is 5.40. The van der Waals surface area contributed by atoms with E-state index in [-0.39, 0.29) is 11.1 Å². The van der Waals surface area contributed by atoms with Gasteiger partial charge in [-0.1, -0.05) is 0 Å². The Morgan fingerprint density at radius 2 is 1.71 bits per heavy atom. The lowest BCUT2D eigenvalue weighted by molar-refractivity contribution is -0.0327. The largest absolute Gasteiger partial charge is 0.361 e. The van der Waals surface area contributed by atoms with E-state index in [1.807, 2.05) is 0 Å². The van der Waals surface area contributed by atoms with Crippen molar-refractivity contribution >= 4 is 17.3 Å². The van der Waals surface area contributed by atoms with Gasteiger partial charge in [-0.3, -0.25) is 4.90 Å². The van der Waals surface area contributed by atoms with Crippen molar-refractivity contribution in [1.82, 2.24) is 15.1 Å². The molecule has 2 rings (SSSR count). The summed E-state index contributed by atoms with van der Waals surface area (Å²) in [4.78, 5) is 4.91. The molecule has 0 aliphatic carbocycles. The maximum atomic E-state index is 5.40. The number of rotatable bonds is 1. The third-order valence-electron chi connectivity index (χ3n) is 4.62. The predicted octanol–water partition coefficient (Wildman–Crippen LogP) is 1.83. The average Bonchev–Trinajstić information content (AvgIpc) is 2.60. The smallest absolute Gasteiger partial charge is 0.169 e. The van der Waals surface area contributed by atoms with Crippen LogP contribution in [0.3, 0.4) is 0 Å². The molecular formula is C13H25N3S. The molecule has 0 aromatic rings. The standard InChI is InChI=1S/C13H25N3S/c1-12(2)8-10(9-13(3,4)15(12)5)16-7-6-14-11(16)17/h10H,6-9H2,1-5H3,(H,14,17). The molecule has 0 aromatic heterocycles. The van der Waals surface area contributed by atoms with Gasteiger partial charge in [-0.15, -0.1) is 0 Å². The SMILES string of the molecule is CN1C(C)(C)CC(N2CCNC2=S)CC1(C)C. The molecule has 2 heterocycles. The Bertz CT molecular complexity index is 307. The highest BCUT2D eigenvalue weighted by Gasteiger charge is 2.45. The second-order valence-electron chi connectivity index (χ2n) is 6.67. The lowest BCUT2D eigenvalue weighted by Crippen LogP contribution is -2.62. The summed E-state index contributed by atoms with van der Waals surface area (Å²) in [6.07, 6.45) is 2.38. The Hall–Kier alpha value is -0.350.